The summed E-state index contributed by atoms with van der Waals surface area (Å²) in [6.45, 7) is 0.286. The van der Waals surface area contributed by atoms with E-state index in [4.69, 9.17) is 39.5 Å². The Balaban J connectivity index is 1.48. The molecule has 0 heterocycles. The van der Waals surface area contributed by atoms with Crippen LogP contribution in [0.3, 0.4) is 0 Å². The van der Waals surface area contributed by atoms with Crippen LogP contribution >= 0.6 is 34.8 Å². The van der Waals surface area contributed by atoms with Gasteiger partial charge in [-0.2, -0.15) is 5.10 Å². The molecule has 2 N–H and O–H groups in total. The van der Waals surface area contributed by atoms with Crippen LogP contribution < -0.4 is 15.5 Å². The fraction of sp³-hybridized carbons (Fsp3) is 0.125. The summed E-state index contributed by atoms with van der Waals surface area (Å²) >= 11 is 18.0. The maximum absolute atomic E-state index is 12.0. The van der Waals surface area contributed by atoms with Gasteiger partial charge in [0.05, 0.1) is 27.0 Å². The number of anilines is 1. The summed E-state index contributed by atoms with van der Waals surface area (Å²) in [6, 6.07) is 19.4. The number of rotatable bonds is 9. The van der Waals surface area contributed by atoms with E-state index in [1.54, 1.807) is 48.5 Å². The van der Waals surface area contributed by atoms with Gasteiger partial charge in [-0.05, 0) is 42.0 Å². The predicted molar refractivity (Wildman–Crippen MR) is 132 cm³/mol. The molecule has 0 aliphatic rings. The van der Waals surface area contributed by atoms with Gasteiger partial charge < -0.3 is 10.1 Å². The van der Waals surface area contributed by atoms with E-state index >= 15 is 0 Å². The molecule has 0 spiro atoms. The molecule has 0 atom stereocenters. The standard InChI is InChI=1S/C24H20Cl3N3O3/c25-18-10-9-16(13-20(18)27)15-33-22-8-4-1-5-17(22)14-28-30-24(32)12-11-23(31)29-21-7-3-2-6-19(21)26/h1-10,13-14H,11-12,15H2,(H,29,31)(H,30,32). The number of halogens is 3. The van der Waals surface area contributed by atoms with Crippen LogP contribution in [0.2, 0.25) is 15.1 Å². The number of benzene rings is 3. The van der Waals surface area contributed by atoms with Crippen molar-refractivity contribution in [2.24, 2.45) is 5.10 Å². The zero-order valence-corrected chi connectivity index (χ0v) is 19.6. The maximum atomic E-state index is 12.0. The molecule has 0 aliphatic heterocycles. The van der Waals surface area contributed by atoms with Gasteiger partial charge in [-0.15, -0.1) is 0 Å². The van der Waals surface area contributed by atoms with Gasteiger partial charge in [-0.25, -0.2) is 5.43 Å². The predicted octanol–water partition coefficient (Wildman–Crippen LogP) is 6.09. The average molecular weight is 505 g/mol. The van der Waals surface area contributed by atoms with Gasteiger partial charge in [0, 0.05) is 18.4 Å². The van der Waals surface area contributed by atoms with Crippen molar-refractivity contribution >= 4 is 58.5 Å². The number of hydrogen-bond donors (Lipinski definition) is 2. The summed E-state index contributed by atoms with van der Waals surface area (Å²) in [5.41, 5.74) is 4.45. The van der Waals surface area contributed by atoms with E-state index < -0.39 is 5.91 Å². The van der Waals surface area contributed by atoms with Crippen molar-refractivity contribution in [3.8, 4) is 5.75 Å². The molecule has 3 aromatic rings. The van der Waals surface area contributed by atoms with Crippen LogP contribution in [0.1, 0.15) is 24.0 Å². The number of para-hydroxylation sites is 2. The molecule has 2 amide bonds. The summed E-state index contributed by atoms with van der Waals surface area (Å²) in [6.07, 6.45) is 1.45. The Kier molecular flexibility index (Phi) is 9.13. The third-order valence-electron chi connectivity index (χ3n) is 4.42. The quantitative estimate of drug-likeness (QED) is 0.273. The monoisotopic (exact) mass is 503 g/mol. The first-order valence-electron chi connectivity index (χ1n) is 9.94. The highest BCUT2D eigenvalue weighted by Gasteiger charge is 2.09. The molecule has 0 aromatic heterocycles. The van der Waals surface area contributed by atoms with Gasteiger partial charge in [-0.3, -0.25) is 9.59 Å². The topological polar surface area (TPSA) is 79.8 Å². The summed E-state index contributed by atoms with van der Waals surface area (Å²) in [7, 11) is 0. The second kappa shape index (κ2) is 12.3. The maximum Gasteiger partial charge on any atom is 0.240 e. The van der Waals surface area contributed by atoms with E-state index in [1.807, 2.05) is 18.2 Å². The van der Waals surface area contributed by atoms with Gasteiger partial charge in [0.25, 0.3) is 0 Å². The van der Waals surface area contributed by atoms with Crippen molar-refractivity contribution in [1.29, 1.82) is 0 Å². The molecule has 0 fully saturated rings. The van der Waals surface area contributed by atoms with Crippen LogP contribution in [0.15, 0.2) is 71.8 Å². The normalized spacial score (nSPS) is 10.8. The van der Waals surface area contributed by atoms with Crippen LogP contribution in [0.4, 0.5) is 5.69 Å². The third-order valence-corrected chi connectivity index (χ3v) is 5.49. The van der Waals surface area contributed by atoms with Crippen molar-refractivity contribution in [2.75, 3.05) is 5.32 Å². The Morgan fingerprint density at radius 2 is 1.58 bits per heavy atom. The molecule has 0 unspecified atom stereocenters. The van der Waals surface area contributed by atoms with Crippen LogP contribution in [-0.2, 0) is 16.2 Å². The number of ether oxygens (including phenoxy) is 1. The van der Waals surface area contributed by atoms with Gasteiger partial charge in [0.1, 0.15) is 12.4 Å². The Bertz CT molecular complexity index is 1170. The molecule has 0 aliphatic carbocycles. The van der Waals surface area contributed by atoms with Gasteiger partial charge in [-0.1, -0.05) is 65.1 Å². The minimum atomic E-state index is -0.394. The lowest BCUT2D eigenvalue weighted by atomic mass is 10.2. The van der Waals surface area contributed by atoms with Crippen molar-refractivity contribution in [3.63, 3.8) is 0 Å². The highest BCUT2D eigenvalue weighted by Crippen LogP contribution is 2.24. The lowest BCUT2D eigenvalue weighted by molar-refractivity contribution is -0.124. The lowest BCUT2D eigenvalue weighted by Crippen LogP contribution is -2.20. The fourth-order valence-electron chi connectivity index (χ4n) is 2.74. The zero-order valence-electron chi connectivity index (χ0n) is 17.4. The molecule has 0 saturated heterocycles. The molecule has 3 aromatic carbocycles. The minimum absolute atomic E-state index is 0.00404. The molecule has 0 saturated carbocycles. The number of hydrogen-bond acceptors (Lipinski definition) is 4. The first-order chi connectivity index (χ1) is 15.9. The molecule has 0 bridgehead atoms. The molecular weight excluding hydrogens is 485 g/mol. The molecule has 170 valence electrons. The van der Waals surface area contributed by atoms with Gasteiger partial charge >= 0.3 is 0 Å². The Morgan fingerprint density at radius 1 is 0.848 bits per heavy atom. The SMILES string of the molecule is O=C(CCC(=O)Nc1ccccc1Cl)NN=Cc1ccccc1OCc1ccc(Cl)c(Cl)c1. The van der Waals surface area contributed by atoms with Gasteiger partial charge in [0.2, 0.25) is 11.8 Å². The molecule has 33 heavy (non-hydrogen) atoms. The van der Waals surface area contributed by atoms with E-state index in [-0.39, 0.29) is 25.4 Å². The molecule has 6 nitrogen and oxygen atoms in total. The lowest BCUT2D eigenvalue weighted by Gasteiger charge is -2.09. The summed E-state index contributed by atoms with van der Waals surface area (Å²) in [4.78, 5) is 24.0. The van der Waals surface area contributed by atoms with Crippen molar-refractivity contribution in [1.82, 2.24) is 5.43 Å². The van der Waals surface area contributed by atoms with E-state index in [0.717, 1.165) is 5.56 Å². The Hall–Kier alpha value is -3.06. The van der Waals surface area contributed by atoms with E-state index in [2.05, 4.69) is 15.8 Å². The van der Waals surface area contributed by atoms with Crippen molar-refractivity contribution < 1.29 is 14.3 Å². The van der Waals surface area contributed by atoms with Gasteiger partial charge in [0.15, 0.2) is 0 Å². The Labute approximate surface area is 206 Å². The molecule has 9 heteroatoms. The second-order valence-corrected chi connectivity index (χ2v) is 8.12. The molecule has 0 radical (unpaired) electrons. The van der Waals surface area contributed by atoms with Crippen LogP contribution in [0, 0.1) is 0 Å². The largest absolute Gasteiger partial charge is 0.488 e. The minimum Gasteiger partial charge on any atom is -0.488 e. The highest BCUT2D eigenvalue weighted by atomic mass is 35.5. The Morgan fingerprint density at radius 3 is 2.36 bits per heavy atom. The smallest absolute Gasteiger partial charge is 0.240 e. The number of nitrogens with one attached hydrogen (secondary N) is 2. The van der Waals surface area contributed by atoms with Crippen LogP contribution in [0.25, 0.3) is 0 Å². The zero-order chi connectivity index (χ0) is 23.6. The van der Waals surface area contributed by atoms with Crippen LogP contribution in [-0.4, -0.2) is 18.0 Å². The van der Waals surface area contributed by atoms with Crippen molar-refractivity contribution in [2.45, 2.75) is 19.4 Å². The summed E-state index contributed by atoms with van der Waals surface area (Å²) in [5.74, 6) is -0.126. The number of nitrogens with zero attached hydrogens (tertiary/aromatic N) is 1. The number of hydrazone groups is 1. The highest BCUT2D eigenvalue weighted by molar-refractivity contribution is 6.42. The molecular formula is C24H20Cl3N3O3. The van der Waals surface area contributed by atoms with E-state index in [1.165, 1.54) is 6.21 Å². The first-order valence-corrected chi connectivity index (χ1v) is 11.1. The summed E-state index contributed by atoms with van der Waals surface area (Å²) in [5, 5.41) is 7.99. The number of carbonyl (C=O) groups is 2. The number of amides is 2. The number of carbonyl (C=O) groups excluding carboxylic acids is 2. The molecule has 3 rings (SSSR count). The second-order valence-electron chi connectivity index (χ2n) is 6.90. The summed E-state index contributed by atoms with van der Waals surface area (Å²) < 4.78 is 5.85. The average Bonchev–Trinajstić information content (AvgIpc) is 2.81. The first kappa shape index (κ1) is 24.6. The van der Waals surface area contributed by atoms with Crippen molar-refractivity contribution in [3.05, 3.63) is 92.9 Å². The van der Waals surface area contributed by atoms with Crippen LogP contribution in [0.5, 0.6) is 5.75 Å². The van der Waals surface area contributed by atoms with E-state index in [9.17, 15) is 9.59 Å². The van der Waals surface area contributed by atoms with E-state index in [0.29, 0.717) is 32.1 Å². The fourth-order valence-corrected chi connectivity index (χ4v) is 3.24. The third kappa shape index (κ3) is 7.79.